The first-order valence-electron chi connectivity index (χ1n) is 11.6. The number of hydrogen-bond acceptors (Lipinski definition) is 6. The van der Waals surface area contributed by atoms with Crippen LogP contribution in [0.1, 0.15) is 73.4 Å². The summed E-state index contributed by atoms with van der Waals surface area (Å²) in [7, 11) is 0. The van der Waals surface area contributed by atoms with E-state index in [4.69, 9.17) is 9.26 Å². The SMILES string of the molecule is CC(=O)Nc1cccc(C(=O)N2CCC3(CC2)CC(Cc2noc(C4CC4)n2)CCO3)c1. The van der Waals surface area contributed by atoms with E-state index in [0.29, 0.717) is 36.2 Å². The molecule has 8 heteroatoms. The largest absolute Gasteiger partial charge is 0.375 e. The molecule has 2 aliphatic heterocycles. The highest BCUT2D eigenvalue weighted by atomic mass is 16.5. The van der Waals surface area contributed by atoms with Gasteiger partial charge in [-0.05, 0) is 62.6 Å². The van der Waals surface area contributed by atoms with Gasteiger partial charge in [0.2, 0.25) is 11.8 Å². The van der Waals surface area contributed by atoms with Crippen molar-refractivity contribution in [3.63, 3.8) is 0 Å². The fraction of sp³-hybridized carbons (Fsp3) is 0.583. The molecular weight excluding hydrogens is 408 g/mol. The van der Waals surface area contributed by atoms with Crippen LogP contribution >= 0.6 is 0 Å². The lowest BCUT2D eigenvalue weighted by atomic mass is 9.78. The Bertz CT molecular complexity index is 991. The number of likely N-dealkylation sites (tertiary alicyclic amines) is 1. The number of benzene rings is 1. The zero-order valence-electron chi connectivity index (χ0n) is 18.5. The second-order valence-electron chi connectivity index (χ2n) is 9.47. The molecule has 3 fully saturated rings. The Morgan fingerprint density at radius 1 is 1.22 bits per heavy atom. The number of hydrogen-bond donors (Lipinski definition) is 1. The smallest absolute Gasteiger partial charge is 0.253 e. The van der Waals surface area contributed by atoms with Gasteiger partial charge in [-0.25, -0.2) is 0 Å². The molecule has 2 aromatic rings. The van der Waals surface area contributed by atoms with E-state index in [2.05, 4.69) is 15.5 Å². The van der Waals surface area contributed by atoms with Crippen molar-refractivity contribution < 1.29 is 18.8 Å². The summed E-state index contributed by atoms with van der Waals surface area (Å²) in [6.07, 6.45) is 6.80. The molecule has 3 heterocycles. The Balaban J connectivity index is 1.17. The number of rotatable bonds is 5. The average molecular weight is 439 g/mol. The Hall–Kier alpha value is -2.74. The van der Waals surface area contributed by atoms with Crippen molar-refractivity contribution in [2.75, 3.05) is 25.0 Å². The molecule has 1 N–H and O–H groups in total. The third-order valence-electron chi connectivity index (χ3n) is 6.87. The van der Waals surface area contributed by atoms with E-state index in [9.17, 15) is 9.59 Å². The molecule has 5 rings (SSSR count). The van der Waals surface area contributed by atoms with E-state index in [1.165, 1.54) is 6.92 Å². The molecule has 32 heavy (non-hydrogen) atoms. The molecule has 1 saturated carbocycles. The summed E-state index contributed by atoms with van der Waals surface area (Å²) in [5.74, 6) is 2.43. The summed E-state index contributed by atoms with van der Waals surface area (Å²) < 4.78 is 11.7. The highest BCUT2D eigenvalue weighted by Crippen LogP contribution is 2.41. The first-order chi connectivity index (χ1) is 15.5. The van der Waals surface area contributed by atoms with Crippen molar-refractivity contribution in [2.24, 2.45) is 5.92 Å². The molecule has 0 radical (unpaired) electrons. The van der Waals surface area contributed by atoms with E-state index >= 15 is 0 Å². The topological polar surface area (TPSA) is 97.6 Å². The third-order valence-corrected chi connectivity index (χ3v) is 6.87. The van der Waals surface area contributed by atoms with Crippen LogP contribution in [0.25, 0.3) is 0 Å². The van der Waals surface area contributed by atoms with Gasteiger partial charge >= 0.3 is 0 Å². The van der Waals surface area contributed by atoms with Gasteiger partial charge in [-0.1, -0.05) is 11.2 Å². The molecule has 2 saturated heterocycles. The minimum Gasteiger partial charge on any atom is -0.375 e. The van der Waals surface area contributed by atoms with Crippen LogP contribution in [0.2, 0.25) is 0 Å². The van der Waals surface area contributed by atoms with E-state index in [-0.39, 0.29) is 17.4 Å². The lowest BCUT2D eigenvalue weighted by Crippen LogP contribution is -2.51. The highest BCUT2D eigenvalue weighted by Gasteiger charge is 2.41. The molecule has 1 aromatic heterocycles. The normalized spacial score (nSPS) is 22.7. The molecule has 1 aromatic carbocycles. The van der Waals surface area contributed by atoms with E-state index < -0.39 is 0 Å². The Morgan fingerprint density at radius 3 is 2.78 bits per heavy atom. The average Bonchev–Trinajstić information content (AvgIpc) is 3.53. The molecule has 2 amide bonds. The van der Waals surface area contributed by atoms with Crippen LogP contribution < -0.4 is 5.32 Å². The Kier molecular flexibility index (Phi) is 5.71. The lowest BCUT2D eigenvalue weighted by molar-refractivity contribution is -0.123. The number of carbonyl (C=O) groups is 2. The van der Waals surface area contributed by atoms with Gasteiger partial charge < -0.3 is 19.5 Å². The minimum atomic E-state index is -0.166. The molecule has 0 bridgehead atoms. The van der Waals surface area contributed by atoms with Gasteiger partial charge in [-0.2, -0.15) is 4.98 Å². The third kappa shape index (κ3) is 4.70. The van der Waals surface area contributed by atoms with Gasteiger partial charge in [0.25, 0.3) is 5.91 Å². The summed E-state index contributed by atoms with van der Waals surface area (Å²) in [5.41, 5.74) is 1.07. The zero-order chi connectivity index (χ0) is 22.1. The van der Waals surface area contributed by atoms with Crippen LogP contribution in [-0.4, -0.2) is 52.2 Å². The Labute approximate surface area is 187 Å². The van der Waals surface area contributed by atoms with E-state index in [1.807, 2.05) is 4.90 Å². The van der Waals surface area contributed by atoms with Gasteiger partial charge in [0.1, 0.15) is 0 Å². The number of anilines is 1. The molecular formula is C24H30N4O4. The fourth-order valence-electron chi connectivity index (χ4n) is 4.99. The van der Waals surface area contributed by atoms with Crippen molar-refractivity contribution in [3.05, 3.63) is 41.5 Å². The molecule has 1 spiro atoms. The monoisotopic (exact) mass is 438 g/mol. The molecule has 1 aliphatic carbocycles. The second-order valence-corrected chi connectivity index (χ2v) is 9.47. The zero-order valence-corrected chi connectivity index (χ0v) is 18.5. The molecule has 3 aliphatic rings. The number of nitrogens with one attached hydrogen (secondary N) is 1. The quantitative estimate of drug-likeness (QED) is 0.767. The summed E-state index contributed by atoms with van der Waals surface area (Å²) in [5, 5.41) is 6.93. The van der Waals surface area contributed by atoms with Crippen LogP contribution in [0.15, 0.2) is 28.8 Å². The van der Waals surface area contributed by atoms with Crippen molar-refractivity contribution >= 4 is 17.5 Å². The standard InChI is InChI=1S/C24H30N4O4/c1-16(29)25-20-4-2-3-19(14-20)23(30)28-10-8-24(9-11-28)15-17(7-12-31-24)13-21-26-22(32-27-21)18-5-6-18/h2-4,14,17-18H,5-13,15H2,1H3,(H,25,29). The molecule has 1 unspecified atom stereocenters. The first kappa shape index (κ1) is 21.1. The molecule has 1 atom stereocenters. The van der Waals surface area contributed by atoms with Gasteiger partial charge in [0.15, 0.2) is 5.82 Å². The first-order valence-corrected chi connectivity index (χ1v) is 11.6. The summed E-state index contributed by atoms with van der Waals surface area (Å²) >= 11 is 0. The molecule has 8 nitrogen and oxygen atoms in total. The van der Waals surface area contributed by atoms with Crippen molar-refractivity contribution in [2.45, 2.75) is 63.4 Å². The van der Waals surface area contributed by atoms with Crippen molar-refractivity contribution in [3.8, 4) is 0 Å². The highest BCUT2D eigenvalue weighted by molar-refractivity contribution is 5.96. The number of aromatic nitrogens is 2. The van der Waals surface area contributed by atoms with Crippen LogP contribution in [0.3, 0.4) is 0 Å². The minimum absolute atomic E-state index is 0.00110. The van der Waals surface area contributed by atoms with Crippen LogP contribution in [0.5, 0.6) is 0 Å². The van der Waals surface area contributed by atoms with Gasteiger partial charge in [0, 0.05) is 50.2 Å². The number of amides is 2. The second kappa shape index (κ2) is 8.65. The maximum Gasteiger partial charge on any atom is 0.253 e. The van der Waals surface area contributed by atoms with Crippen LogP contribution in [0.4, 0.5) is 5.69 Å². The van der Waals surface area contributed by atoms with Crippen molar-refractivity contribution in [1.29, 1.82) is 0 Å². The van der Waals surface area contributed by atoms with E-state index in [0.717, 1.165) is 63.3 Å². The number of ether oxygens (including phenoxy) is 1. The van der Waals surface area contributed by atoms with Crippen LogP contribution in [-0.2, 0) is 16.0 Å². The van der Waals surface area contributed by atoms with E-state index in [1.54, 1.807) is 24.3 Å². The van der Waals surface area contributed by atoms with Gasteiger partial charge in [0.05, 0.1) is 5.60 Å². The fourth-order valence-corrected chi connectivity index (χ4v) is 4.99. The van der Waals surface area contributed by atoms with Gasteiger partial charge in [-0.15, -0.1) is 0 Å². The predicted molar refractivity (Wildman–Crippen MR) is 117 cm³/mol. The predicted octanol–water partition coefficient (Wildman–Crippen LogP) is 3.55. The number of carbonyl (C=O) groups excluding carboxylic acids is 2. The van der Waals surface area contributed by atoms with Crippen LogP contribution in [0, 0.1) is 5.92 Å². The summed E-state index contributed by atoms with van der Waals surface area (Å²) in [6, 6.07) is 7.12. The van der Waals surface area contributed by atoms with Gasteiger partial charge in [-0.3, -0.25) is 9.59 Å². The summed E-state index contributed by atoms with van der Waals surface area (Å²) in [4.78, 5) is 30.8. The maximum absolute atomic E-state index is 13.0. The number of piperidine rings is 1. The number of nitrogens with zero attached hydrogens (tertiary/aromatic N) is 3. The summed E-state index contributed by atoms with van der Waals surface area (Å²) in [6.45, 7) is 3.54. The maximum atomic E-state index is 13.0. The Morgan fingerprint density at radius 2 is 2.03 bits per heavy atom. The lowest BCUT2D eigenvalue weighted by Gasteiger charge is -2.46. The molecule has 170 valence electrons. The van der Waals surface area contributed by atoms with Crippen molar-refractivity contribution in [1.82, 2.24) is 15.0 Å².